The van der Waals surface area contributed by atoms with Gasteiger partial charge in [0.05, 0.1) is 44.5 Å². The van der Waals surface area contributed by atoms with Gasteiger partial charge in [0.1, 0.15) is 0 Å². The van der Waals surface area contributed by atoms with Crippen molar-refractivity contribution in [3.8, 4) is 34.0 Å². The van der Waals surface area contributed by atoms with Crippen molar-refractivity contribution in [3.63, 3.8) is 0 Å². The summed E-state index contributed by atoms with van der Waals surface area (Å²) in [5, 5.41) is 5.06. The van der Waals surface area contributed by atoms with Gasteiger partial charge in [-0.3, -0.25) is 0 Å². The first-order valence-electron chi connectivity index (χ1n) is 20.4. The van der Waals surface area contributed by atoms with Crippen molar-refractivity contribution in [2.75, 3.05) is 4.90 Å². The molecule has 0 fully saturated rings. The topological polar surface area (TPSA) is 22.3 Å². The Morgan fingerprint density at radius 1 is 0.356 bits per heavy atom. The Morgan fingerprint density at radius 2 is 0.915 bits per heavy atom. The Balaban J connectivity index is 1.02. The fraction of sp³-hybridized carbons (Fsp3) is 0.0182. The third kappa shape index (κ3) is 3.80. The molecule has 4 heterocycles. The summed E-state index contributed by atoms with van der Waals surface area (Å²) in [4.78, 5) is 2.38. The standard InChI is InChI=1S/C55H33N3O/c1-5-19-41-40(17-1)52-43(55(41)42-20-6-10-25-48(42)58-47-24-9-4-16-38(47)39-18-13-21-44(55)53(39)58)32-33-50-54(52)59-51-27-12-11-26-49(51)57(50)35-30-28-34(29-31-35)56-45-22-7-2-14-36(45)37-15-3-8-23-46(37)56/h1-33H. The monoisotopic (exact) mass is 751 g/mol. The van der Waals surface area contributed by atoms with E-state index in [9.17, 15) is 0 Å². The molecule has 4 nitrogen and oxygen atoms in total. The van der Waals surface area contributed by atoms with Crippen molar-refractivity contribution >= 4 is 60.7 Å². The van der Waals surface area contributed by atoms with E-state index in [0.717, 1.165) is 39.8 Å². The van der Waals surface area contributed by atoms with E-state index in [1.54, 1.807) is 0 Å². The number of anilines is 3. The lowest BCUT2D eigenvalue weighted by Crippen LogP contribution is -2.33. The summed E-state index contributed by atoms with van der Waals surface area (Å²) < 4.78 is 12.0. The van der Waals surface area contributed by atoms with Gasteiger partial charge in [-0.15, -0.1) is 0 Å². The minimum absolute atomic E-state index is 0.559. The normalized spacial score (nSPS) is 15.6. The summed E-state index contributed by atoms with van der Waals surface area (Å²) in [6, 6.07) is 73.3. The van der Waals surface area contributed by atoms with Crippen LogP contribution in [-0.2, 0) is 5.41 Å². The fourth-order valence-electron chi connectivity index (χ4n) is 11.1. The van der Waals surface area contributed by atoms with E-state index >= 15 is 0 Å². The summed E-state index contributed by atoms with van der Waals surface area (Å²) in [5.74, 6) is 1.72. The zero-order chi connectivity index (χ0) is 38.4. The van der Waals surface area contributed by atoms with Crippen molar-refractivity contribution in [1.29, 1.82) is 0 Å². The van der Waals surface area contributed by atoms with E-state index in [0.29, 0.717) is 0 Å². The molecule has 1 aliphatic carbocycles. The van der Waals surface area contributed by atoms with Gasteiger partial charge in [0.25, 0.3) is 0 Å². The molecule has 0 saturated carbocycles. The zero-order valence-electron chi connectivity index (χ0n) is 31.8. The van der Waals surface area contributed by atoms with Crippen molar-refractivity contribution in [1.82, 2.24) is 9.13 Å². The SMILES string of the molecule is c1ccc2c(c1)Oc1c(ccc3c1-c1ccccc1C31c3ccccc3-n3c4ccccc4c4cccc1c43)N2c1ccc(-n2c3ccccc3c3ccccc32)cc1. The molecule has 0 N–H and O–H groups in total. The lowest BCUT2D eigenvalue weighted by molar-refractivity contribution is 0.478. The highest BCUT2D eigenvalue weighted by atomic mass is 16.5. The summed E-state index contributed by atoms with van der Waals surface area (Å²) in [5.41, 5.74) is 17.3. The highest BCUT2D eigenvalue weighted by molar-refractivity contribution is 6.13. The van der Waals surface area contributed by atoms with Crippen LogP contribution in [0.25, 0.3) is 66.1 Å². The van der Waals surface area contributed by atoms with E-state index in [2.05, 4.69) is 214 Å². The number of rotatable bonds is 2. The molecule has 1 unspecified atom stereocenters. The van der Waals surface area contributed by atoms with E-state index < -0.39 is 5.41 Å². The van der Waals surface area contributed by atoms with Gasteiger partial charge in [-0.1, -0.05) is 133 Å². The van der Waals surface area contributed by atoms with Crippen LogP contribution in [0.3, 0.4) is 0 Å². The van der Waals surface area contributed by atoms with Gasteiger partial charge in [-0.2, -0.15) is 0 Å². The third-order valence-corrected chi connectivity index (χ3v) is 13.3. The van der Waals surface area contributed by atoms with E-state index in [-0.39, 0.29) is 0 Å². The summed E-state index contributed by atoms with van der Waals surface area (Å²) in [7, 11) is 0. The number of hydrogen-bond donors (Lipinski definition) is 0. The number of hydrogen-bond acceptors (Lipinski definition) is 2. The first-order chi connectivity index (χ1) is 29.3. The van der Waals surface area contributed by atoms with Gasteiger partial charge in [0.2, 0.25) is 0 Å². The van der Waals surface area contributed by atoms with Gasteiger partial charge in [-0.05, 0) is 94.5 Å². The highest BCUT2D eigenvalue weighted by Gasteiger charge is 2.52. The van der Waals surface area contributed by atoms with Crippen LogP contribution >= 0.6 is 0 Å². The van der Waals surface area contributed by atoms with E-state index in [4.69, 9.17) is 4.74 Å². The number of para-hydroxylation sites is 7. The molecule has 11 aromatic rings. The number of ether oxygens (including phenoxy) is 1. The molecule has 0 radical (unpaired) electrons. The lowest BCUT2D eigenvalue weighted by Gasteiger charge is -2.40. The first kappa shape index (κ1) is 31.3. The lowest BCUT2D eigenvalue weighted by atomic mass is 9.65. The number of aromatic nitrogens is 2. The number of nitrogens with zero attached hydrogens (tertiary/aromatic N) is 3. The zero-order valence-corrected chi connectivity index (χ0v) is 31.8. The Bertz CT molecular complexity index is 3560. The third-order valence-electron chi connectivity index (χ3n) is 13.3. The summed E-state index contributed by atoms with van der Waals surface area (Å²) in [6.07, 6.45) is 0. The molecular weight excluding hydrogens is 719 g/mol. The molecule has 2 aromatic heterocycles. The molecule has 4 heteroatoms. The largest absolute Gasteiger partial charge is 0.452 e. The molecule has 0 bridgehead atoms. The maximum Gasteiger partial charge on any atom is 0.159 e. The summed E-state index contributed by atoms with van der Waals surface area (Å²) in [6.45, 7) is 0. The molecule has 9 aromatic carbocycles. The molecule has 14 rings (SSSR count). The Kier molecular flexibility index (Phi) is 5.93. The Hall–Kier alpha value is -7.82. The second kappa shape index (κ2) is 11.2. The molecule has 3 aliphatic rings. The Labute approximate surface area is 340 Å². The smallest absolute Gasteiger partial charge is 0.159 e. The number of fused-ring (bicyclic) bond motifs is 18. The molecular formula is C55H33N3O. The fourth-order valence-corrected chi connectivity index (χ4v) is 11.1. The van der Waals surface area contributed by atoms with Crippen LogP contribution in [0.15, 0.2) is 200 Å². The van der Waals surface area contributed by atoms with Crippen LogP contribution in [0.2, 0.25) is 0 Å². The van der Waals surface area contributed by atoms with Crippen LogP contribution in [0.4, 0.5) is 17.1 Å². The van der Waals surface area contributed by atoms with Crippen molar-refractivity contribution in [2.45, 2.75) is 5.41 Å². The maximum absolute atomic E-state index is 7.17. The molecule has 1 atom stereocenters. The van der Waals surface area contributed by atoms with Crippen LogP contribution in [0.1, 0.15) is 22.3 Å². The summed E-state index contributed by atoms with van der Waals surface area (Å²) >= 11 is 0. The first-order valence-corrected chi connectivity index (χ1v) is 20.4. The van der Waals surface area contributed by atoms with Crippen LogP contribution in [0, 0.1) is 0 Å². The second-order valence-electron chi connectivity index (χ2n) is 16.0. The minimum atomic E-state index is -0.559. The van der Waals surface area contributed by atoms with Gasteiger partial charge < -0.3 is 18.8 Å². The van der Waals surface area contributed by atoms with Crippen LogP contribution in [0.5, 0.6) is 11.5 Å². The van der Waals surface area contributed by atoms with Crippen LogP contribution < -0.4 is 9.64 Å². The van der Waals surface area contributed by atoms with E-state index in [1.807, 2.05) is 0 Å². The highest BCUT2D eigenvalue weighted by Crippen LogP contribution is 2.65. The molecule has 0 amide bonds. The van der Waals surface area contributed by atoms with E-state index in [1.165, 1.54) is 77.1 Å². The van der Waals surface area contributed by atoms with Gasteiger partial charge in [0, 0.05) is 38.5 Å². The predicted octanol–water partition coefficient (Wildman–Crippen LogP) is 14.1. The second-order valence-corrected chi connectivity index (χ2v) is 16.0. The van der Waals surface area contributed by atoms with Crippen molar-refractivity contribution < 1.29 is 4.74 Å². The number of benzene rings is 9. The molecule has 1 spiro atoms. The Morgan fingerprint density at radius 3 is 1.68 bits per heavy atom. The molecule has 274 valence electrons. The van der Waals surface area contributed by atoms with Crippen molar-refractivity contribution in [2.24, 2.45) is 0 Å². The predicted molar refractivity (Wildman–Crippen MR) is 241 cm³/mol. The molecule has 0 saturated heterocycles. The van der Waals surface area contributed by atoms with Crippen molar-refractivity contribution in [3.05, 3.63) is 222 Å². The van der Waals surface area contributed by atoms with Gasteiger partial charge >= 0.3 is 0 Å². The average molecular weight is 752 g/mol. The maximum atomic E-state index is 7.17. The van der Waals surface area contributed by atoms with Gasteiger partial charge in [-0.25, -0.2) is 0 Å². The molecule has 2 aliphatic heterocycles. The van der Waals surface area contributed by atoms with Gasteiger partial charge in [0.15, 0.2) is 11.5 Å². The van der Waals surface area contributed by atoms with Crippen LogP contribution in [-0.4, -0.2) is 9.13 Å². The molecule has 59 heavy (non-hydrogen) atoms. The minimum Gasteiger partial charge on any atom is -0.452 e. The average Bonchev–Trinajstić information content (AvgIpc) is 3.93. The quantitative estimate of drug-likeness (QED) is 0.175.